The fraction of sp³-hybridized carbons (Fsp3) is 0.625. The SMILES string of the molecule is CNC(=O)c1cc(NCCC2CCCC(C)C2)ccn1. The number of carbonyl (C=O) groups excluding carboxylic acids is 1. The normalized spacial score (nSPS) is 22.3. The van der Waals surface area contributed by atoms with E-state index in [1.54, 1.807) is 13.2 Å². The first-order chi connectivity index (χ1) is 9.69. The first-order valence-electron chi connectivity index (χ1n) is 7.61. The molecule has 1 aliphatic rings. The summed E-state index contributed by atoms with van der Waals surface area (Å²) in [5.74, 6) is 1.59. The molecular formula is C16H25N3O. The Morgan fingerprint density at radius 3 is 3.05 bits per heavy atom. The van der Waals surface area contributed by atoms with Crippen molar-refractivity contribution in [2.24, 2.45) is 11.8 Å². The maximum Gasteiger partial charge on any atom is 0.269 e. The van der Waals surface area contributed by atoms with Gasteiger partial charge >= 0.3 is 0 Å². The van der Waals surface area contributed by atoms with Gasteiger partial charge in [0.05, 0.1) is 0 Å². The number of aromatic nitrogens is 1. The average molecular weight is 275 g/mol. The van der Waals surface area contributed by atoms with Crippen molar-refractivity contribution in [3.63, 3.8) is 0 Å². The number of carbonyl (C=O) groups is 1. The number of hydrogen-bond donors (Lipinski definition) is 2. The molecule has 1 aromatic heterocycles. The van der Waals surface area contributed by atoms with Gasteiger partial charge in [0.2, 0.25) is 0 Å². The van der Waals surface area contributed by atoms with Crippen molar-refractivity contribution in [3.05, 3.63) is 24.0 Å². The lowest BCUT2D eigenvalue weighted by molar-refractivity contribution is 0.0958. The third-order valence-electron chi connectivity index (χ3n) is 4.15. The Kier molecular flexibility index (Phi) is 5.39. The van der Waals surface area contributed by atoms with Crippen molar-refractivity contribution in [2.75, 3.05) is 18.9 Å². The predicted molar refractivity (Wildman–Crippen MR) is 81.9 cm³/mol. The van der Waals surface area contributed by atoms with Crippen molar-refractivity contribution in [1.29, 1.82) is 0 Å². The predicted octanol–water partition coefficient (Wildman–Crippen LogP) is 3.07. The highest BCUT2D eigenvalue weighted by atomic mass is 16.1. The zero-order valence-electron chi connectivity index (χ0n) is 12.5. The molecule has 0 bridgehead atoms. The highest BCUT2D eigenvalue weighted by Crippen LogP contribution is 2.30. The number of nitrogens with zero attached hydrogens (tertiary/aromatic N) is 1. The van der Waals surface area contributed by atoms with Gasteiger partial charge in [-0.1, -0.05) is 26.2 Å². The van der Waals surface area contributed by atoms with E-state index >= 15 is 0 Å². The molecule has 0 aliphatic heterocycles. The molecule has 0 saturated heterocycles. The van der Waals surface area contributed by atoms with E-state index in [4.69, 9.17) is 0 Å². The first kappa shape index (κ1) is 14.8. The van der Waals surface area contributed by atoms with Crippen LogP contribution in [0.1, 0.15) is 49.5 Å². The van der Waals surface area contributed by atoms with Gasteiger partial charge in [-0.3, -0.25) is 9.78 Å². The van der Waals surface area contributed by atoms with Gasteiger partial charge in [-0.25, -0.2) is 0 Å². The van der Waals surface area contributed by atoms with Crippen LogP contribution in [0.4, 0.5) is 5.69 Å². The lowest BCUT2D eigenvalue weighted by atomic mass is 9.81. The molecule has 20 heavy (non-hydrogen) atoms. The summed E-state index contributed by atoms with van der Waals surface area (Å²) in [5.41, 5.74) is 1.44. The van der Waals surface area contributed by atoms with Crippen LogP contribution in [0, 0.1) is 11.8 Å². The monoisotopic (exact) mass is 275 g/mol. The number of anilines is 1. The molecule has 1 saturated carbocycles. The minimum Gasteiger partial charge on any atom is -0.385 e. The van der Waals surface area contributed by atoms with Crippen LogP contribution in [-0.4, -0.2) is 24.5 Å². The molecule has 1 fully saturated rings. The van der Waals surface area contributed by atoms with Crippen LogP contribution >= 0.6 is 0 Å². The second-order valence-electron chi connectivity index (χ2n) is 5.86. The quantitative estimate of drug-likeness (QED) is 0.868. The third kappa shape index (κ3) is 4.22. The Hall–Kier alpha value is -1.58. The Morgan fingerprint density at radius 1 is 1.45 bits per heavy atom. The maximum atomic E-state index is 11.5. The molecule has 1 amide bonds. The summed E-state index contributed by atoms with van der Waals surface area (Å²) in [6, 6.07) is 3.72. The van der Waals surface area contributed by atoms with Gasteiger partial charge in [-0.15, -0.1) is 0 Å². The van der Waals surface area contributed by atoms with E-state index in [9.17, 15) is 4.79 Å². The molecule has 2 N–H and O–H groups in total. The summed E-state index contributed by atoms with van der Waals surface area (Å²) in [6.45, 7) is 3.33. The van der Waals surface area contributed by atoms with Gasteiger partial charge in [0.25, 0.3) is 5.91 Å². The second kappa shape index (κ2) is 7.27. The number of amides is 1. The average Bonchev–Trinajstić information content (AvgIpc) is 2.47. The van der Waals surface area contributed by atoms with Gasteiger partial charge in [0.15, 0.2) is 0 Å². The van der Waals surface area contributed by atoms with E-state index in [1.807, 2.05) is 12.1 Å². The molecule has 0 radical (unpaired) electrons. The summed E-state index contributed by atoms with van der Waals surface area (Å²) in [7, 11) is 1.62. The molecule has 1 aromatic rings. The maximum absolute atomic E-state index is 11.5. The molecule has 0 aromatic carbocycles. The summed E-state index contributed by atoms with van der Waals surface area (Å²) in [4.78, 5) is 15.6. The zero-order valence-corrected chi connectivity index (χ0v) is 12.5. The largest absolute Gasteiger partial charge is 0.385 e. The number of nitrogens with one attached hydrogen (secondary N) is 2. The fourth-order valence-electron chi connectivity index (χ4n) is 3.04. The minimum absolute atomic E-state index is 0.144. The van der Waals surface area contributed by atoms with Crippen LogP contribution in [0.25, 0.3) is 0 Å². The Bertz CT molecular complexity index is 447. The van der Waals surface area contributed by atoms with Gasteiger partial charge in [-0.05, 0) is 36.8 Å². The topological polar surface area (TPSA) is 54.0 Å². The minimum atomic E-state index is -0.144. The lowest BCUT2D eigenvalue weighted by Gasteiger charge is -2.26. The molecule has 2 atom stereocenters. The van der Waals surface area contributed by atoms with E-state index in [1.165, 1.54) is 32.1 Å². The van der Waals surface area contributed by atoms with Crippen LogP contribution in [-0.2, 0) is 0 Å². The zero-order chi connectivity index (χ0) is 14.4. The highest BCUT2D eigenvalue weighted by molar-refractivity contribution is 5.92. The van der Waals surface area contributed by atoms with E-state index in [0.29, 0.717) is 5.69 Å². The molecule has 110 valence electrons. The van der Waals surface area contributed by atoms with E-state index < -0.39 is 0 Å². The molecule has 1 aliphatic carbocycles. The van der Waals surface area contributed by atoms with Crippen LogP contribution in [0.3, 0.4) is 0 Å². The van der Waals surface area contributed by atoms with Crippen LogP contribution < -0.4 is 10.6 Å². The molecule has 2 unspecified atom stereocenters. The summed E-state index contributed by atoms with van der Waals surface area (Å²) >= 11 is 0. The summed E-state index contributed by atoms with van der Waals surface area (Å²) in [6.07, 6.45) is 8.39. The number of hydrogen-bond acceptors (Lipinski definition) is 3. The van der Waals surface area contributed by atoms with Crippen molar-refractivity contribution >= 4 is 11.6 Å². The van der Waals surface area contributed by atoms with Crippen LogP contribution in [0.15, 0.2) is 18.3 Å². The number of pyridine rings is 1. The third-order valence-corrected chi connectivity index (χ3v) is 4.15. The molecule has 4 heteroatoms. The van der Waals surface area contributed by atoms with Gasteiger partial charge < -0.3 is 10.6 Å². The summed E-state index contributed by atoms with van der Waals surface area (Å²) < 4.78 is 0. The van der Waals surface area contributed by atoms with Crippen molar-refractivity contribution < 1.29 is 4.79 Å². The lowest BCUT2D eigenvalue weighted by Crippen LogP contribution is -2.19. The Morgan fingerprint density at radius 2 is 2.30 bits per heavy atom. The summed E-state index contributed by atoms with van der Waals surface area (Å²) in [5, 5.41) is 6.00. The Labute approximate surface area is 121 Å². The molecule has 2 rings (SSSR count). The van der Waals surface area contributed by atoms with Gasteiger partial charge in [-0.2, -0.15) is 0 Å². The van der Waals surface area contributed by atoms with Gasteiger partial charge in [0.1, 0.15) is 5.69 Å². The van der Waals surface area contributed by atoms with Crippen LogP contribution in [0.5, 0.6) is 0 Å². The molecule has 4 nitrogen and oxygen atoms in total. The van der Waals surface area contributed by atoms with Crippen molar-refractivity contribution in [2.45, 2.75) is 39.0 Å². The van der Waals surface area contributed by atoms with Crippen molar-refractivity contribution in [3.8, 4) is 0 Å². The number of rotatable bonds is 5. The molecule has 0 spiro atoms. The van der Waals surface area contributed by atoms with Crippen molar-refractivity contribution in [1.82, 2.24) is 10.3 Å². The first-order valence-corrected chi connectivity index (χ1v) is 7.61. The standard InChI is InChI=1S/C16H25N3O/c1-12-4-3-5-13(10-12)6-8-18-14-7-9-19-15(11-14)16(20)17-2/h7,9,11-13H,3-6,8,10H2,1-2H3,(H,17,20)(H,18,19). The van der Waals surface area contributed by atoms with E-state index in [0.717, 1.165) is 24.1 Å². The van der Waals surface area contributed by atoms with E-state index in [2.05, 4.69) is 22.5 Å². The smallest absolute Gasteiger partial charge is 0.269 e. The van der Waals surface area contributed by atoms with Crippen LogP contribution in [0.2, 0.25) is 0 Å². The second-order valence-corrected chi connectivity index (χ2v) is 5.86. The van der Waals surface area contributed by atoms with Gasteiger partial charge in [0, 0.05) is 25.5 Å². The highest BCUT2D eigenvalue weighted by Gasteiger charge is 2.18. The fourth-order valence-corrected chi connectivity index (χ4v) is 3.04. The molecular weight excluding hydrogens is 250 g/mol. The Balaban J connectivity index is 1.80. The molecule has 1 heterocycles. The van der Waals surface area contributed by atoms with E-state index in [-0.39, 0.29) is 5.91 Å².